The number of hydrogen-bond acceptors (Lipinski definition) is 5. The van der Waals surface area contributed by atoms with Crippen LogP contribution in [0.2, 0.25) is 0 Å². The first-order chi connectivity index (χ1) is 12.6. The molecule has 0 unspecified atom stereocenters. The van der Waals surface area contributed by atoms with Crippen molar-refractivity contribution in [2.75, 3.05) is 30.3 Å². The molecule has 0 bridgehead atoms. The second-order valence-electron chi connectivity index (χ2n) is 7.35. The van der Waals surface area contributed by atoms with Gasteiger partial charge in [-0.05, 0) is 63.4 Å². The number of nitrogen functional groups attached to an aromatic ring is 1. The minimum atomic E-state index is 0.121. The zero-order valence-corrected chi connectivity index (χ0v) is 16.1. The van der Waals surface area contributed by atoms with E-state index in [1.165, 1.54) is 0 Å². The lowest BCUT2D eigenvalue weighted by Gasteiger charge is -2.36. The van der Waals surface area contributed by atoms with Crippen LogP contribution in [0.4, 0.5) is 11.4 Å². The highest BCUT2D eigenvalue weighted by Crippen LogP contribution is 2.33. The van der Waals surface area contributed by atoms with Gasteiger partial charge in [0.25, 0.3) is 0 Å². The third-order valence-corrected chi connectivity index (χ3v) is 6.36. The lowest BCUT2D eigenvalue weighted by molar-refractivity contribution is -0.123. The van der Waals surface area contributed by atoms with Crippen molar-refractivity contribution in [3.05, 3.63) is 39.8 Å². The summed E-state index contributed by atoms with van der Waals surface area (Å²) in [6.07, 6.45) is 3.82. The van der Waals surface area contributed by atoms with Crippen LogP contribution < -0.4 is 10.6 Å². The van der Waals surface area contributed by atoms with Gasteiger partial charge in [-0.2, -0.15) is 0 Å². The Bertz CT molecular complexity index is 795. The van der Waals surface area contributed by atoms with E-state index in [0.717, 1.165) is 79.5 Å². The van der Waals surface area contributed by atoms with E-state index in [4.69, 9.17) is 5.73 Å². The molecular formula is C20H26N4OS. The SMILES string of the molecule is Cc1nc(CN2CCC(C(=O)N3CCCc4c(N)cccc43)CC2)cs1. The third-order valence-electron chi connectivity index (χ3n) is 5.54. The molecule has 0 aliphatic carbocycles. The fourth-order valence-electron chi connectivity index (χ4n) is 4.15. The number of fused-ring (bicyclic) bond motifs is 1. The Labute approximate surface area is 158 Å². The van der Waals surface area contributed by atoms with E-state index in [9.17, 15) is 4.79 Å². The van der Waals surface area contributed by atoms with Gasteiger partial charge >= 0.3 is 0 Å². The Hall–Kier alpha value is -1.92. The van der Waals surface area contributed by atoms with Crippen LogP contribution in [0.25, 0.3) is 0 Å². The third kappa shape index (κ3) is 3.48. The van der Waals surface area contributed by atoms with Crippen LogP contribution in [0.15, 0.2) is 23.6 Å². The average molecular weight is 371 g/mol. The highest BCUT2D eigenvalue weighted by Gasteiger charge is 2.31. The lowest BCUT2D eigenvalue weighted by atomic mass is 9.92. The van der Waals surface area contributed by atoms with Gasteiger partial charge in [-0.1, -0.05) is 6.07 Å². The molecule has 1 fully saturated rings. The summed E-state index contributed by atoms with van der Waals surface area (Å²) in [6, 6.07) is 5.94. The van der Waals surface area contributed by atoms with E-state index in [-0.39, 0.29) is 11.8 Å². The van der Waals surface area contributed by atoms with Crippen molar-refractivity contribution in [3.8, 4) is 0 Å². The Morgan fingerprint density at radius 1 is 1.31 bits per heavy atom. The fraction of sp³-hybridized carbons (Fsp3) is 0.500. The van der Waals surface area contributed by atoms with Gasteiger partial charge < -0.3 is 10.6 Å². The van der Waals surface area contributed by atoms with E-state index in [2.05, 4.69) is 15.3 Å². The van der Waals surface area contributed by atoms with Crippen molar-refractivity contribution in [2.45, 2.75) is 39.2 Å². The van der Waals surface area contributed by atoms with Gasteiger partial charge in [-0.25, -0.2) is 4.98 Å². The van der Waals surface area contributed by atoms with Crippen molar-refractivity contribution in [1.29, 1.82) is 0 Å². The number of nitrogens with zero attached hydrogens (tertiary/aromatic N) is 3. The minimum absolute atomic E-state index is 0.121. The van der Waals surface area contributed by atoms with Gasteiger partial charge in [0, 0.05) is 35.8 Å². The maximum absolute atomic E-state index is 13.2. The molecular weight excluding hydrogens is 344 g/mol. The maximum Gasteiger partial charge on any atom is 0.230 e. The molecule has 138 valence electrons. The predicted molar refractivity (Wildman–Crippen MR) is 106 cm³/mol. The van der Waals surface area contributed by atoms with E-state index < -0.39 is 0 Å². The van der Waals surface area contributed by atoms with Crippen molar-refractivity contribution in [2.24, 2.45) is 5.92 Å². The minimum Gasteiger partial charge on any atom is -0.398 e. The van der Waals surface area contributed by atoms with Gasteiger partial charge in [-0.15, -0.1) is 11.3 Å². The summed E-state index contributed by atoms with van der Waals surface area (Å²) in [5, 5.41) is 3.26. The molecule has 1 amide bonds. The molecule has 3 heterocycles. The summed E-state index contributed by atoms with van der Waals surface area (Å²) in [5.41, 5.74) is 10.3. The largest absolute Gasteiger partial charge is 0.398 e. The summed E-state index contributed by atoms with van der Waals surface area (Å²) in [6.45, 7) is 5.68. The number of benzene rings is 1. The molecule has 1 aromatic heterocycles. The molecule has 1 saturated heterocycles. The number of carbonyl (C=O) groups is 1. The average Bonchev–Trinajstić information content (AvgIpc) is 3.06. The molecule has 26 heavy (non-hydrogen) atoms. The van der Waals surface area contributed by atoms with Gasteiger partial charge in [0.2, 0.25) is 5.91 Å². The number of hydrogen-bond donors (Lipinski definition) is 1. The smallest absolute Gasteiger partial charge is 0.230 e. The van der Waals surface area contributed by atoms with Crippen LogP contribution in [0.1, 0.15) is 35.5 Å². The number of aryl methyl sites for hydroxylation is 1. The molecule has 6 heteroatoms. The summed E-state index contributed by atoms with van der Waals surface area (Å²) < 4.78 is 0. The van der Waals surface area contributed by atoms with Crippen LogP contribution in [0.3, 0.4) is 0 Å². The Morgan fingerprint density at radius 2 is 2.12 bits per heavy atom. The summed E-state index contributed by atoms with van der Waals surface area (Å²) in [5.74, 6) is 0.400. The predicted octanol–water partition coefficient (Wildman–Crippen LogP) is 3.23. The second kappa shape index (κ2) is 7.37. The van der Waals surface area contributed by atoms with Crippen molar-refractivity contribution in [3.63, 3.8) is 0 Å². The molecule has 2 aliphatic heterocycles. The van der Waals surface area contributed by atoms with Crippen molar-refractivity contribution < 1.29 is 4.79 Å². The van der Waals surface area contributed by atoms with Gasteiger partial charge in [0.05, 0.1) is 10.7 Å². The number of amides is 1. The number of carbonyl (C=O) groups excluding carboxylic acids is 1. The summed E-state index contributed by atoms with van der Waals surface area (Å²) in [4.78, 5) is 22.1. The maximum atomic E-state index is 13.2. The fourth-order valence-corrected chi connectivity index (χ4v) is 4.75. The molecule has 1 aromatic carbocycles. The van der Waals surface area contributed by atoms with Crippen LogP contribution >= 0.6 is 11.3 Å². The van der Waals surface area contributed by atoms with Crippen molar-refractivity contribution >= 4 is 28.6 Å². The number of likely N-dealkylation sites (tertiary alicyclic amines) is 1. The zero-order valence-electron chi connectivity index (χ0n) is 15.3. The van der Waals surface area contributed by atoms with E-state index in [0.29, 0.717) is 0 Å². The molecule has 0 spiro atoms. The number of anilines is 2. The van der Waals surface area contributed by atoms with Gasteiger partial charge in [0.15, 0.2) is 0 Å². The topological polar surface area (TPSA) is 62.5 Å². The number of rotatable bonds is 3. The Morgan fingerprint density at radius 3 is 2.85 bits per heavy atom. The molecule has 4 rings (SSSR count). The molecule has 2 aliphatic rings. The first-order valence-electron chi connectivity index (χ1n) is 9.44. The highest BCUT2D eigenvalue weighted by molar-refractivity contribution is 7.09. The number of aromatic nitrogens is 1. The van der Waals surface area contributed by atoms with Gasteiger partial charge in [0.1, 0.15) is 0 Å². The number of thiazole rings is 1. The quantitative estimate of drug-likeness (QED) is 0.843. The zero-order chi connectivity index (χ0) is 18.1. The number of nitrogens with two attached hydrogens (primary N) is 1. The van der Waals surface area contributed by atoms with E-state index in [1.54, 1.807) is 11.3 Å². The monoisotopic (exact) mass is 370 g/mol. The second-order valence-corrected chi connectivity index (χ2v) is 8.41. The first-order valence-corrected chi connectivity index (χ1v) is 10.3. The summed E-state index contributed by atoms with van der Waals surface area (Å²) in [7, 11) is 0. The number of piperidine rings is 1. The van der Waals surface area contributed by atoms with E-state index >= 15 is 0 Å². The molecule has 0 atom stereocenters. The molecule has 0 radical (unpaired) electrons. The van der Waals surface area contributed by atoms with Crippen LogP contribution in [0, 0.1) is 12.8 Å². The molecule has 2 N–H and O–H groups in total. The van der Waals surface area contributed by atoms with Gasteiger partial charge in [-0.3, -0.25) is 9.69 Å². The lowest BCUT2D eigenvalue weighted by Crippen LogP contribution is -2.44. The normalized spacial score (nSPS) is 18.7. The Balaban J connectivity index is 1.39. The molecule has 0 saturated carbocycles. The van der Waals surface area contributed by atoms with Crippen molar-refractivity contribution in [1.82, 2.24) is 9.88 Å². The highest BCUT2D eigenvalue weighted by atomic mass is 32.1. The molecule has 5 nitrogen and oxygen atoms in total. The van der Waals surface area contributed by atoms with E-state index in [1.807, 2.05) is 30.0 Å². The van der Waals surface area contributed by atoms with Crippen LogP contribution in [-0.2, 0) is 17.8 Å². The standard InChI is InChI=1S/C20H26N4OS/c1-14-22-16(13-26-14)12-23-10-7-15(8-11-23)20(25)24-9-3-4-17-18(21)5-2-6-19(17)24/h2,5-6,13,15H,3-4,7-12,21H2,1H3. The first kappa shape index (κ1) is 17.5. The Kier molecular flexibility index (Phi) is 4.96. The summed E-state index contributed by atoms with van der Waals surface area (Å²) >= 11 is 1.70. The van der Waals surface area contributed by atoms with Crippen LogP contribution in [-0.4, -0.2) is 35.4 Å². The van der Waals surface area contributed by atoms with Crippen LogP contribution in [0.5, 0.6) is 0 Å². The molecule has 2 aromatic rings.